The second-order valence-electron chi connectivity index (χ2n) is 8.34. The number of rotatable bonds is 6. The van der Waals surface area contributed by atoms with Gasteiger partial charge in [-0.05, 0) is 35.1 Å². The zero-order valence-corrected chi connectivity index (χ0v) is 19.1. The fourth-order valence-corrected chi connectivity index (χ4v) is 3.30. The summed E-state index contributed by atoms with van der Waals surface area (Å²) in [4.78, 5) is 18.5. The number of hydrogen-bond donors (Lipinski definition) is 0. The molecule has 3 aromatic rings. The number of aromatic nitrogens is 2. The lowest BCUT2D eigenvalue weighted by Crippen LogP contribution is -2.26. The number of benzene rings is 2. The summed E-state index contributed by atoms with van der Waals surface area (Å²) in [7, 11) is 1.72. The van der Waals surface area contributed by atoms with E-state index in [2.05, 4.69) is 43.0 Å². The average Bonchev–Trinajstić information content (AvgIpc) is 3.16. The van der Waals surface area contributed by atoms with Crippen molar-refractivity contribution in [2.45, 2.75) is 45.6 Å². The molecule has 0 unspecified atom stereocenters. The zero-order chi connectivity index (χ0) is 21.9. The van der Waals surface area contributed by atoms with Gasteiger partial charge in [-0.2, -0.15) is 4.98 Å². The van der Waals surface area contributed by atoms with Crippen molar-refractivity contribution in [3.63, 3.8) is 0 Å². The summed E-state index contributed by atoms with van der Waals surface area (Å²) >= 11 is 12.0. The predicted octanol–water partition coefficient (Wildman–Crippen LogP) is 5.93. The molecule has 3 rings (SSSR count). The molecule has 0 aliphatic rings. The lowest BCUT2D eigenvalue weighted by Gasteiger charge is -2.18. The van der Waals surface area contributed by atoms with Crippen LogP contribution in [0.4, 0.5) is 0 Å². The Kier molecular flexibility index (Phi) is 6.84. The van der Waals surface area contributed by atoms with Crippen LogP contribution in [0.2, 0.25) is 10.0 Å². The highest BCUT2D eigenvalue weighted by atomic mass is 35.5. The van der Waals surface area contributed by atoms with Crippen LogP contribution in [-0.4, -0.2) is 28.0 Å². The molecule has 0 saturated heterocycles. The van der Waals surface area contributed by atoms with E-state index < -0.39 is 0 Å². The van der Waals surface area contributed by atoms with Gasteiger partial charge >= 0.3 is 0 Å². The Hall–Kier alpha value is -2.37. The number of carbonyl (C=O) groups excluding carboxylic acids is 1. The molecule has 30 heavy (non-hydrogen) atoms. The van der Waals surface area contributed by atoms with Gasteiger partial charge in [-0.25, -0.2) is 0 Å². The highest BCUT2D eigenvalue weighted by molar-refractivity contribution is 6.42. The molecule has 0 atom stereocenters. The summed E-state index contributed by atoms with van der Waals surface area (Å²) < 4.78 is 5.34. The minimum atomic E-state index is -0.0182. The standard InChI is InChI=1S/C23H25Cl2N3O2/c1-23(2,3)17-9-7-16(8-10-17)22-26-20(30-27-22)14-28(4)21(29)12-6-15-5-11-18(24)19(25)13-15/h5,7-11,13H,6,12,14H2,1-4H3. The molecule has 0 saturated carbocycles. The van der Waals surface area contributed by atoms with Gasteiger partial charge in [0.05, 0.1) is 16.6 Å². The first-order chi connectivity index (χ1) is 14.1. The van der Waals surface area contributed by atoms with Crippen LogP contribution < -0.4 is 0 Å². The Morgan fingerprint density at radius 3 is 2.40 bits per heavy atom. The number of nitrogens with zero attached hydrogens (tertiary/aromatic N) is 3. The van der Waals surface area contributed by atoms with E-state index in [0.717, 1.165) is 11.1 Å². The van der Waals surface area contributed by atoms with E-state index >= 15 is 0 Å². The summed E-state index contributed by atoms with van der Waals surface area (Å²) in [6, 6.07) is 13.5. The van der Waals surface area contributed by atoms with Crippen LogP contribution in [-0.2, 0) is 23.2 Å². The first kappa shape index (κ1) is 22.3. The molecule has 0 aliphatic carbocycles. The van der Waals surface area contributed by atoms with Gasteiger partial charge in [-0.1, -0.05) is 79.5 Å². The number of aryl methyl sites for hydroxylation is 1. The lowest BCUT2D eigenvalue weighted by molar-refractivity contribution is -0.130. The number of hydrogen-bond acceptors (Lipinski definition) is 4. The molecule has 0 N–H and O–H groups in total. The minimum absolute atomic E-state index is 0.0182. The lowest BCUT2D eigenvalue weighted by atomic mass is 9.87. The first-order valence-corrected chi connectivity index (χ1v) is 10.5. The van der Waals surface area contributed by atoms with Gasteiger partial charge in [-0.15, -0.1) is 0 Å². The van der Waals surface area contributed by atoms with Crippen LogP contribution in [0.1, 0.15) is 44.2 Å². The van der Waals surface area contributed by atoms with E-state index in [1.54, 1.807) is 24.1 Å². The molecule has 7 heteroatoms. The minimum Gasteiger partial charge on any atom is -0.337 e. The van der Waals surface area contributed by atoms with Crippen molar-refractivity contribution in [1.82, 2.24) is 15.0 Å². The Bertz CT molecular complexity index is 1020. The normalized spacial score (nSPS) is 11.5. The third-order valence-electron chi connectivity index (χ3n) is 4.89. The molecule has 158 valence electrons. The molecule has 0 bridgehead atoms. The maximum Gasteiger partial charge on any atom is 0.246 e. The molecular weight excluding hydrogens is 421 g/mol. The van der Waals surface area contributed by atoms with Crippen LogP contribution in [0.3, 0.4) is 0 Å². The van der Waals surface area contributed by atoms with Crippen LogP contribution in [0, 0.1) is 0 Å². The monoisotopic (exact) mass is 445 g/mol. The van der Waals surface area contributed by atoms with Crippen molar-refractivity contribution in [1.29, 1.82) is 0 Å². The highest BCUT2D eigenvalue weighted by Crippen LogP contribution is 2.25. The Balaban J connectivity index is 1.58. The molecule has 0 spiro atoms. The quantitative estimate of drug-likeness (QED) is 0.471. The van der Waals surface area contributed by atoms with E-state index in [9.17, 15) is 4.79 Å². The SMILES string of the molecule is CN(Cc1nc(-c2ccc(C(C)(C)C)cc2)no1)C(=O)CCc1ccc(Cl)c(Cl)c1. The Morgan fingerprint density at radius 1 is 1.07 bits per heavy atom. The van der Waals surface area contributed by atoms with Crippen molar-refractivity contribution in [2.75, 3.05) is 7.05 Å². The van der Waals surface area contributed by atoms with E-state index in [4.69, 9.17) is 27.7 Å². The number of amides is 1. The third kappa shape index (κ3) is 5.61. The van der Waals surface area contributed by atoms with Gasteiger partial charge in [0.1, 0.15) is 0 Å². The molecule has 1 heterocycles. The topological polar surface area (TPSA) is 59.2 Å². The molecule has 5 nitrogen and oxygen atoms in total. The Labute approximate surface area is 187 Å². The van der Waals surface area contributed by atoms with Crippen LogP contribution in [0.15, 0.2) is 47.0 Å². The van der Waals surface area contributed by atoms with E-state index in [0.29, 0.717) is 34.6 Å². The smallest absolute Gasteiger partial charge is 0.246 e. The maximum absolute atomic E-state index is 12.5. The predicted molar refractivity (Wildman–Crippen MR) is 120 cm³/mol. The van der Waals surface area contributed by atoms with Gasteiger partial charge in [0.2, 0.25) is 17.6 Å². The van der Waals surface area contributed by atoms with Gasteiger partial charge in [0.15, 0.2) is 0 Å². The second-order valence-corrected chi connectivity index (χ2v) is 9.15. The largest absolute Gasteiger partial charge is 0.337 e. The van der Waals surface area contributed by atoms with Crippen molar-refractivity contribution in [3.05, 3.63) is 69.5 Å². The van der Waals surface area contributed by atoms with Crippen molar-refractivity contribution in [2.24, 2.45) is 0 Å². The van der Waals surface area contributed by atoms with E-state index in [1.165, 1.54) is 5.56 Å². The molecule has 1 amide bonds. The summed E-state index contributed by atoms with van der Waals surface area (Å²) in [5.41, 5.74) is 3.17. The van der Waals surface area contributed by atoms with Gasteiger partial charge in [-0.3, -0.25) is 4.79 Å². The van der Waals surface area contributed by atoms with E-state index in [-0.39, 0.29) is 17.9 Å². The van der Waals surface area contributed by atoms with Gasteiger partial charge in [0, 0.05) is 19.0 Å². The first-order valence-electron chi connectivity index (χ1n) is 9.75. The summed E-state index contributed by atoms with van der Waals surface area (Å²) in [5, 5.41) is 5.04. The maximum atomic E-state index is 12.5. The van der Waals surface area contributed by atoms with Gasteiger partial charge < -0.3 is 9.42 Å². The van der Waals surface area contributed by atoms with Crippen molar-refractivity contribution >= 4 is 29.1 Å². The third-order valence-corrected chi connectivity index (χ3v) is 5.63. The summed E-state index contributed by atoms with van der Waals surface area (Å²) in [6.45, 7) is 6.77. The van der Waals surface area contributed by atoms with Crippen LogP contribution in [0.5, 0.6) is 0 Å². The van der Waals surface area contributed by atoms with Crippen molar-refractivity contribution in [3.8, 4) is 11.4 Å². The zero-order valence-electron chi connectivity index (χ0n) is 17.6. The summed E-state index contributed by atoms with van der Waals surface area (Å²) in [5.74, 6) is 0.896. The van der Waals surface area contributed by atoms with Crippen LogP contribution >= 0.6 is 23.2 Å². The van der Waals surface area contributed by atoms with E-state index in [1.807, 2.05) is 18.2 Å². The molecule has 0 fully saturated rings. The number of halogens is 2. The molecule has 2 aromatic carbocycles. The molecule has 0 aliphatic heterocycles. The molecule has 0 radical (unpaired) electrons. The van der Waals surface area contributed by atoms with Crippen LogP contribution in [0.25, 0.3) is 11.4 Å². The molecular formula is C23H25Cl2N3O2. The average molecular weight is 446 g/mol. The highest BCUT2D eigenvalue weighted by Gasteiger charge is 2.17. The van der Waals surface area contributed by atoms with Gasteiger partial charge in [0.25, 0.3) is 0 Å². The summed E-state index contributed by atoms with van der Waals surface area (Å²) in [6.07, 6.45) is 0.930. The Morgan fingerprint density at radius 2 is 1.77 bits per heavy atom. The number of carbonyl (C=O) groups is 1. The fourth-order valence-electron chi connectivity index (χ4n) is 2.98. The van der Waals surface area contributed by atoms with Crippen molar-refractivity contribution < 1.29 is 9.32 Å². The molecule has 1 aromatic heterocycles. The fraction of sp³-hybridized carbons (Fsp3) is 0.348. The second kappa shape index (κ2) is 9.19.